The second-order valence-corrected chi connectivity index (χ2v) is 7.93. The van der Waals surface area contributed by atoms with E-state index in [0.717, 1.165) is 21.3 Å². The minimum Gasteiger partial charge on any atom is -0.486 e. The van der Waals surface area contributed by atoms with Crippen LogP contribution in [0.3, 0.4) is 0 Å². The number of hydrogen-bond acceptors (Lipinski definition) is 3. The topological polar surface area (TPSA) is 22.1 Å². The molecule has 0 amide bonds. The molecule has 0 bridgehead atoms. The highest BCUT2D eigenvalue weighted by molar-refractivity contribution is 7.18. The maximum Gasteiger partial charge on any atom is 0.140 e. The van der Waals surface area contributed by atoms with Crippen LogP contribution in [0.1, 0.15) is 48.6 Å². The van der Waals surface area contributed by atoms with Crippen molar-refractivity contribution in [2.45, 2.75) is 44.6 Å². The Kier molecular flexibility index (Phi) is 4.72. The van der Waals surface area contributed by atoms with Crippen molar-refractivity contribution in [3.63, 3.8) is 0 Å². The van der Waals surface area contributed by atoms with Gasteiger partial charge < -0.3 is 4.74 Å². The summed E-state index contributed by atoms with van der Waals surface area (Å²) in [7, 11) is 0. The Morgan fingerprint density at radius 1 is 1.08 bits per heavy atom. The first kappa shape index (κ1) is 15.9. The van der Waals surface area contributed by atoms with Crippen LogP contribution >= 0.6 is 22.9 Å². The fraction of sp³-hybridized carbons (Fsp3) is 0.350. The van der Waals surface area contributed by atoms with Gasteiger partial charge in [0, 0.05) is 5.02 Å². The molecule has 124 valence electrons. The number of para-hydroxylation sites is 1. The third kappa shape index (κ3) is 3.42. The minimum atomic E-state index is 0.515. The molecule has 1 saturated carbocycles. The van der Waals surface area contributed by atoms with Gasteiger partial charge in [0.2, 0.25) is 0 Å². The first-order valence-electron chi connectivity index (χ1n) is 8.56. The molecular weight excluding hydrogens is 338 g/mol. The molecule has 0 saturated heterocycles. The molecule has 4 heteroatoms. The van der Waals surface area contributed by atoms with E-state index in [9.17, 15) is 0 Å². The fourth-order valence-corrected chi connectivity index (χ4v) is 4.57. The lowest BCUT2D eigenvalue weighted by Gasteiger charge is -2.24. The molecule has 2 nitrogen and oxygen atoms in total. The summed E-state index contributed by atoms with van der Waals surface area (Å²) in [6.45, 7) is 0.515. The van der Waals surface area contributed by atoms with Crippen LogP contribution in [0.4, 0.5) is 0 Å². The van der Waals surface area contributed by atoms with Crippen LogP contribution in [0.5, 0.6) is 5.75 Å². The average molecular weight is 358 g/mol. The van der Waals surface area contributed by atoms with Crippen LogP contribution in [0.15, 0.2) is 42.5 Å². The summed E-state index contributed by atoms with van der Waals surface area (Å²) in [6, 6.07) is 14.2. The van der Waals surface area contributed by atoms with Crippen molar-refractivity contribution in [2.75, 3.05) is 0 Å². The van der Waals surface area contributed by atoms with E-state index in [1.54, 1.807) is 11.3 Å². The van der Waals surface area contributed by atoms with Gasteiger partial charge in [0.15, 0.2) is 0 Å². The molecule has 24 heavy (non-hydrogen) atoms. The van der Waals surface area contributed by atoms with Gasteiger partial charge in [0.25, 0.3) is 0 Å². The van der Waals surface area contributed by atoms with E-state index in [1.807, 2.05) is 30.3 Å². The summed E-state index contributed by atoms with van der Waals surface area (Å²) < 4.78 is 7.36. The van der Waals surface area contributed by atoms with E-state index < -0.39 is 0 Å². The fourth-order valence-electron chi connectivity index (χ4n) is 3.50. The summed E-state index contributed by atoms with van der Waals surface area (Å²) >= 11 is 7.94. The molecule has 4 rings (SSSR count). The lowest BCUT2D eigenvalue weighted by Crippen LogP contribution is -2.07. The van der Waals surface area contributed by atoms with Crippen molar-refractivity contribution in [3.8, 4) is 5.75 Å². The number of fused-ring (bicyclic) bond motifs is 1. The largest absolute Gasteiger partial charge is 0.486 e. The quantitative estimate of drug-likeness (QED) is 0.526. The van der Waals surface area contributed by atoms with Gasteiger partial charge in [0.05, 0.1) is 10.2 Å². The number of thiazole rings is 1. The van der Waals surface area contributed by atoms with E-state index >= 15 is 0 Å². The summed E-state index contributed by atoms with van der Waals surface area (Å²) in [5.74, 6) is 1.54. The smallest absolute Gasteiger partial charge is 0.140 e. The third-order valence-electron chi connectivity index (χ3n) is 4.71. The molecule has 0 atom stereocenters. The predicted molar refractivity (Wildman–Crippen MR) is 101 cm³/mol. The molecule has 1 heterocycles. The van der Waals surface area contributed by atoms with Crippen molar-refractivity contribution in [3.05, 3.63) is 58.1 Å². The highest BCUT2D eigenvalue weighted by Crippen LogP contribution is 2.39. The van der Waals surface area contributed by atoms with Crippen LogP contribution in [-0.2, 0) is 6.61 Å². The Morgan fingerprint density at radius 2 is 1.92 bits per heavy atom. The Morgan fingerprint density at radius 3 is 2.75 bits per heavy atom. The molecule has 2 aromatic carbocycles. The van der Waals surface area contributed by atoms with Crippen molar-refractivity contribution in [2.24, 2.45) is 0 Å². The number of aromatic nitrogens is 1. The van der Waals surface area contributed by atoms with Gasteiger partial charge in [-0.15, -0.1) is 11.3 Å². The minimum absolute atomic E-state index is 0.515. The summed E-state index contributed by atoms with van der Waals surface area (Å²) in [5.41, 5.74) is 2.31. The van der Waals surface area contributed by atoms with Crippen molar-refractivity contribution >= 4 is 33.2 Å². The molecule has 1 aliphatic rings. The molecule has 0 radical (unpaired) electrons. The first-order chi connectivity index (χ1) is 11.8. The lowest BCUT2D eigenvalue weighted by molar-refractivity contribution is 0.297. The molecule has 1 aromatic heterocycles. The van der Waals surface area contributed by atoms with Crippen LogP contribution in [0, 0.1) is 0 Å². The Balaban J connectivity index is 1.55. The number of hydrogen-bond donors (Lipinski definition) is 0. The van der Waals surface area contributed by atoms with Crippen molar-refractivity contribution in [1.29, 1.82) is 0 Å². The number of ether oxygens (including phenoxy) is 1. The molecule has 1 fully saturated rings. The highest BCUT2D eigenvalue weighted by Gasteiger charge is 2.20. The van der Waals surface area contributed by atoms with Gasteiger partial charge in [-0.3, -0.25) is 0 Å². The van der Waals surface area contributed by atoms with E-state index in [1.165, 1.54) is 42.4 Å². The molecule has 3 aromatic rings. The van der Waals surface area contributed by atoms with Gasteiger partial charge in [-0.1, -0.05) is 43.0 Å². The Hall–Kier alpha value is -1.58. The zero-order valence-corrected chi connectivity index (χ0v) is 15.1. The maximum atomic E-state index is 6.24. The van der Waals surface area contributed by atoms with E-state index in [0.29, 0.717) is 12.5 Å². The van der Waals surface area contributed by atoms with Gasteiger partial charge in [-0.05, 0) is 54.7 Å². The summed E-state index contributed by atoms with van der Waals surface area (Å²) in [4.78, 5) is 4.65. The lowest BCUT2D eigenvalue weighted by atomic mass is 9.84. The normalized spacial score (nSPS) is 15.7. The van der Waals surface area contributed by atoms with Gasteiger partial charge in [-0.2, -0.15) is 0 Å². The van der Waals surface area contributed by atoms with Crippen LogP contribution in [-0.4, -0.2) is 4.98 Å². The van der Waals surface area contributed by atoms with E-state index in [4.69, 9.17) is 16.3 Å². The molecule has 0 N–H and O–H groups in total. The zero-order chi connectivity index (χ0) is 16.4. The molecule has 0 aliphatic heterocycles. The second kappa shape index (κ2) is 7.12. The van der Waals surface area contributed by atoms with Crippen LogP contribution in [0.25, 0.3) is 10.2 Å². The SMILES string of the molecule is Clc1ccc(OCc2nc3ccccc3s2)c(C2CCCCC2)c1. The molecule has 0 spiro atoms. The summed E-state index contributed by atoms with van der Waals surface area (Å²) in [6.07, 6.45) is 6.41. The summed E-state index contributed by atoms with van der Waals surface area (Å²) in [5, 5.41) is 1.81. The number of nitrogens with zero attached hydrogens (tertiary/aromatic N) is 1. The van der Waals surface area contributed by atoms with Crippen LogP contribution < -0.4 is 4.74 Å². The number of benzene rings is 2. The van der Waals surface area contributed by atoms with Crippen LogP contribution in [0.2, 0.25) is 5.02 Å². The second-order valence-electron chi connectivity index (χ2n) is 6.38. The molecule has 1 aliphatic carbocycles. The van der Waals surface area contributed by atoms with E-state index in [2.05, 4.69) is 17.1 Å². The zero-order valence-electron chi connectivity index (χ0n) is 13.5. The van der Waals surface area contributed by atoms with Crippen molar-refractivity contribution < 1.29 is 4.74 Å². The van der Waals surface area contributed by atoms with Crippen molar-refractivity contribution in [1.82, 2.24) is 4.98 Å². The first-order valence-corrected chi connectivity index (χ1v) is 9.76. The Bertz CT molecular complexity index is 806. The standard InChI is InChI=1S/C20H20ClNOS/c21-15-10-11-18(16(12-15)14-6-2-1-3-7-14)23-13-20-22-17-8-4-5-9-19(17)24-20/h4-5,8-12,14H,1-3,6-7,13H2. The Labute approximate surface area is 151 Å². The highest BCUT2D eigenvalue weighted by atomic mass is 35.5. The average Bonchev–Trinajstić information content (AvgIpc) is 3.04. The monoisotopic (exact) mass is 357 g/mol. The van der Waals surface area contributed by atoms with Gasteiger partial charge in [-0.25, -0.2) is 4.98 Å². The predicted octanol–water partition coefficient (Wildman–Crippen LogP) is 6.58. The number of halogens is 1. The maximum absolute atomic E-state index is 6.24. The van der Waals surface area contributed by atoms with E-state index in [-0.39, 0.29) is 0 Å². The van der Waals surface area contributed by atoms with Gasteiger partial charge >= 0.3 is 0 Å². The third-order valence-corrected chi connectivity index (χ3v) is 5.95. The molecule has 0 unspecified atom stereocenters. The van der Waals surface area contributed by atoms with Gasteiger partial charge in [0.1, 0.15) is 17.4 Å². The molecular formula is C20H20ClNOS. The number of rotatable bonds is 4.